The van der Waals surface area contributed by atoms with Gasteiger partial charge in [0.15, 0.2) is 0 Å². The monoisotopic (exact) mass is 255 g/mol. The van der Waals surface area contributed by atoms with Crippen LogP contribution in [0.3, 0.4) is 0 Å². The minimum Gasteiger partial charge on any atom is -0.398 e. The summed E-state index contributed by atoms with van der Waals surface area (Å²) in [7, 11) is 0. The van der Waals surface area contributed by atoms with Crippen molar-refractivity contribution in [3.05, 3.63) is 28.7 Å². The molecular weight excluding hydrogens is 238 g/mol. The zero-order valence-electron chi connectivity index (χ0n) is 9.81. The molecule has 0 spiro atoms. The summed E-state index contributed by atoms with van der Waals surface area (Å²) in [4.78, 5) is 22.9. The molecular formula is C11H17N3O2S. The number of anilines is 1. The Morgan fingerprint density at radius 3 is 3.00 bits per heavy atom. The highest BCUT2D eigenvalue weighted by Crippen LogP contribution is 1.96. The van der Waals surface area contributed by atoms with Crippen molar-refractivity contribution in [1.82, 2.24) is 9.88 Å². The van der Waals surface area contributed by atoms with E-state index in [0.29, 0.717) is 12.2 Å². The number of nitrogens with zero attached hydrogens (tertiary/aromatic N) is 1. The molecule has 1 amide bonds. The number of hydrogen-bond acceptors (Lipinski definition) is 4. The summed E-state index contributed by atoms with van der Waals surface area (Å²) in [5.41, 5.74) is 5.80. The molecule has 3 N–H and O–H groups in total. The van der Waals surface area contributed by atoms with Crippen molar-refractivity contribution in [1.29, 1.82) is 0 Å². The summed E-state index contributed by atoms with van der Waals surface area (Å²) >= 11 is 1.74. The lowest BCUT2D eigenvalue weighted by Gasteiger charge is -2.07. The van der Waals surface area contributed by atoms with Crippen LogP contribution in [0.5, 0.6) is 0 Å². The molecule has 0 fully saturated rings. The van der Waals surface area contributed by atoms with Crippen LogP contribution in [-0.2, 0) is 11.3 Å². The van der Waals surface area contributed by atoms with Gasteiger partial charge in [-0.2, -0.15) is 11.8 Å². The Kier molecular flexibility index (Phi) is 5.62. The standard InChI is InChI=1S/C11H17N3O2S/c1-17-6-2-5-13-10(15)8-14-7-9(12)3-4-11(14)16/h3-4,7H,2,5-6,8,12H2,1H3,(H,13,15). The van der Waals surface area contributed by atoms with Gasteiger partial charge in [-0.3, -0.25) is 9.59 Å². The minimum absolute atomic E-state index is 0.0170. The van der Waals surface area contributed by atoms with E-state index in [1.165, 1.54) is 22.9 Å². The zero-order chi connectivity index (χ0) is 12.7. The van der Waals surface area contributed by atoms with Gasteiger partial charge in [0, 0.05) is 24.5 Å². The molecule has 1 rings (SSSR count). The zero-order valence-corrected chi connectivity index (χ0v) is 10.6. The second-order valence-corrected chi connectivity index (χ2v) is 4.61. The smallest absolute Gasteiger partial charge is 0.251 e. The van der Waals surface area contributed by atoms with Crippen LogP contribution in [0.25, 0.3) is 0 Å². The maximum Gasteiger partial charge on any atom is 0.251 e. The van der Waals surface area contributed by atoms with Gasteiger partial charge in [-0.1, -0.05) is 0 Å². The third kappa shape index (κ3) is 4.95. The van der Waals surface area contributed by atoms with Crippen molar-refractivity contribution in [2.24, 2.45) is 0 Å². The lowest BCUT2D eigenvalue weighted by Crippen LogP contribution is -2.32. The second-order valence-electron chi connectivity index (χ2n) is 3.62. The van der Waals surface area contributed by atoms with Crippen LogP contribution in [0.4, 0.5) is 5.69 Å². The molecule has 1 aromatic heterocycles. The average molecular weight is 255 g/mol. The SMILES string of the molecule is CSCCCNC(=O)Cn1cc(N)ccc1=O. The predicted molar refractivity (Wildman–Crippen MR) is 71.1 cm³/mol. The Morgan fingerprint density at radius 2 is 2.29 bits per heavy atom. The van der Waals surface area contributed by atoms with E-state index >= 15 is 0 Å². The number of pyridine rings is 1. The molecule has 5 nitrogen and oxygen atoms in total. The van der Waals surface area contributed by atoms with E-state index in [4.69, 9.17) is 5.73 Å². The number of nitrogens with one attached hydrogen (secondary N) is 1. The van der Waals surface area contributed by atoms with Crippen molar-refractivity contribution in [2.45, 2.75) is 13.0 Å². The third-order valence-corrected chi connectivity index (χ3v) is 2.86. The van der Waals surface area contributed by atoms with E-state index in [2.05, 4.69) is 5.32 Å². The molecule has 94 valence electrons. The molecule has 0 aromatic carbocycles. The van der Waals surface area contributed by atoms with Gasteiger partial charge < -0.3 is 15.6 Å². The van der Waals surface area contributed by atoms with Crippen LogP contribution in [0, 0.1) is 0 Å². The van der Waals surface area contributed by atoms with Crippen LogP contribution >= 0.6 is 11.8 Å². The van der Waals surface area contributed by atoms with E-state index < -0.39 is 0 Å². The normalized spacial score (nSPS) is 10.2. The van der Waals surface area contributed by atoms with E-state index in [1.54, 1.807) is 11.8 Å². The molecule has 0 radical (unpaired) electrons. The van der Waals surface area contributed by atoms with E-state index in [9.17, 15) is 9.59 Å². The summed E-state index contributed by atoms with van der Waals surface area (Å²) in [6.07, 6.45) is 4.43. The predicted octanol–water partition coefficient (Wildman–Crippen LogP) is 0.300. The molecule has 1 aromatic rings. The third-order valence-electron chi connectivity index (χ3n) is 2.17. The Labute approximate surface area is 104 Å². The van der Waals surface area contributed by atoms with Crippen LogP contribution < -0.4 is 16.6 Å². The number of nitrogen functional groups attached to an aromatic ring is 1. The average Bonchev–Trinajstić information content (AvgIpc) is 2.29. The van der Waals surface area contributed by atoms with Gasteiger partial charge in [-0.15, -0.1) is 0 Å². The molecule has 0 aliphatic carbocycles. The fraction of sp³-hybridized carbons (Fsp3) is 0.455. The highest BCUT2D eigenvalue weighted by Gasteiger charge is 2.03. The summed E-state index contributed by atoms with van der Waals surface area (Å²) in [6.45, 7) is 0.653. The molecule has 0 aliphatic rings. The Morgan fingerprint density at radius 1 is 1.53 bits per heavy atom. The molecule has 17 heavy (non-hydrogen) atoms. The Balaban J connectivity index is 2.45. The van der Waals surface area contributed by atoms with Gasteiger partial charge in [0.1, 0.15) is 6.54 Å². The Bertz CT molecular complexity index is 431. The summed E-state index contributed by atoms with van der Waals surface area (Å²) in [5, 5.41) is 2.76. The first kappa shape index (κ1) is 13.6. The number of nitrogens with two attached hydrogens (primary N) is 1. The van der Waals surface area contributed by atoms with Gasteiger partial charge >= 0.3 is 0 Å². The second kappa shape index (κ2) is 7.01. The lowest BCUT2D eigenvalue weighted by atomic mass is 10.4. The van der Waals surface area contributed by atoms with Gasteiger partial charge in [0.2, 0.25) is 5.91 Å². The molecule has 6 heteroatoms. The van der Waals surface area contributed by atoms with Crippen molar-refractivity contribution in [2.75, 3.05) is 24.3 Å². The number of carbonyl (C=O) groups excluding carboxylic acids is 1. The number of aromatic nitrogens is 1. The van der Waals surface area contributed by atoms with E-state index in [-0.39, 0.29) is 18.0 Å². The largest absolute Gasteiger partial charge is 0.398 e. The van der Waals surface area contributed by atoms with Gasteiger partial charge in [0.25, 0.3) is 5.56 Å². The van der Waals surface area contributed by atoms with Gasteiger partial charge in [-0.05, 0) is 24.5 Å². The maximum absolute atomic E-state index is 11.5. The number of carbonyl (C=O) groups is 1. The van der Waals surface area contributed by atoms with Crippen LogP contribution in [0.2, 0.25) is 0 Å². The Hall–Kier alpha value is -1.43. The molecule has 0 atom stereocenters. The first-order valence-electron chi connectivity index (χ1n) is 5.35. The summed E-state index contributed by atoms with van der Waals surface area (Å²) < 4.78 is 1.30. The van der Waals surface area contributed by atoms with Gasteiger partial charge in [0.05, 0.1) is 0 Å². The fourth-order valence-corrected chi connectivity index (χ4v) is 1.76. The van der Waals surface area contributed by atoms with Crippen LogP contribution in [0.15, 0.2) is 23.1 Å². The van der Waals surface area contributed by atoms with Crippen LogP contribution in [-0.4, -0.2) is 29.0 Å². The number of rotatable bonds is 6. The number of hydrogen-bond donors (Lipinski definition) is 2. The summed E-state index contributed by atoms with van der Waals surface area (Å²) in [6, 6.07) is 2.88. The quantitative estimate of drug-likeness (QED) is 0.717. The van der Waals surface area contributed by atoms with Gasteiger partial charge in [-0.25, -0.2) is 0 Å². The first-order chi connectivity index (χ1) is 8.13. The van der Waals surface area contributed by atoms with E-state index in [1.807, 2.05) is 6.26 Å². The minimum atomic E-state index is -0.224. The van der Waals surface area contributed by atoms with Crippen LogP contribution in [0.1, 0.15) is 6.42 Å². The fourth-order valence-electron chi connectivity index (χ4n) is 1.33. The van der Waals surface area contributed by atoms with Crippen molar-refractivity contribution >= 4 is 23.4 Å². The summed E-state index contributed by atoms with van der Waals surface area (Å²) in [5.74, 6) is 0.845. The number of amides is 1. The highest BCUT2D eigenvalue weighted by atomic mass is 32.2. The maximum atomic E-state index is 11.5. The van der Waals surface area contributed by atoms with Crippen molar-refractivity contribution in [3.8, 4) is 0 Å². The highest BCUT2D eigenvalue weighted by molar-refractivity contribution is 7.98. The molecule has 0 bridgehead atoms. The molecule has 0 unspecified atom stereocenters. The molecule has 0 saturated heterocycles. The molecule has 1 heterocycles. The lowest BCUT2D eigenvalue weighted by molar-refractivity contribution is -0.121. The van der Waals surface area contributed by atoms with Crippen molar-refractivity contribution < 1.29 is 4.79 Å². The topological polar surface area (TPSA) is 77.1 Å². The first-order valence-corrected chi connectivity index (χ1v) is 6.74. The molecule has 0 saturated carbocycles. The molecule has 0 aliphatic heterocycles. The van der Waals surface area contributed by atoms with E-state index in [0.717, 1.165) is 12.2 Å². The number of thioether (sulfide) groups is 1. The van der Waals surface area contributed by atoms with Crippen molar-refractivity contribution in [3.63, 3.8) is 0 Å².